The minimum Gasteiger partial charge on any atom is -0.411 e. The summed E-state index contributed by atoms with van der Waals surface area (Å²) in [5.41, 5.74) is 3.63. The Balaban J connectivity index is 1.63. The summed E-state index contributed by atoms with van der Waals surface area (Å²) in [7, 11) is 0. The maximum Gasteiger partial charge on any atom is 0.277 e. The Morgan fingerprint density at radius 1 is 1.10 bits per heavy atom. The number of nitro benzene ring substituents is 1. The van der Waals surface area contributed by atoms with Crippen molar-refractivity contribution < 1.29 is 14.1 Å². The van der Waals surface area contributed by atoms with E-state index in [0.717, 1.165) is 41.4 Å². The van der Waals surface area contributed by atoms with Gasteiger partial charge in [0, 0.05) is 23.4 Å². The Labute approximate surface area is 171 Å². The molecule has 0 saturated heterocycles. The molecule has 0 aliphatic carbocycles. The lowest BCUT2D eigenvalue weighted by Crippen LogP contribution is -2.16. The summed E-state index contributed by atoms with van der Waals surface area (Å²) in [6.07, 6.45) is 1.66. The molecule has 0 aliphatic rings. The highest BCUT2D eigenvalue weighted by molar-refractivity contribution is 7.99. The van der Waals surface area contributed by atoms with E-state index >= 15 is 0 Å². The second-order valence-corrected chi connectivity index (χ2v) is 7.10. The lowest BCUT2D eigenvalue weighted by atomic mass is 10.0. The van der Waals surface area contributed by atoms with Crippen LogP contribution in [0.2, 0.25) is 0 Å². The molecule has 150 valence electrons. The molecule has 0 atom stereocenters. The number of carbonyl (C=O) groups excluding carboxylic acids is 1. The minimum absolute atomic E-state index is 0.0154. The van der Waals surface area contributed by atoms with Gasteiger partial charge in [-0.1, -0.05) is 43.8 Å². The first-order valence-electron chi connectivity index (χ1n) is 9.13. The average molecular weight is 412 g/mol. The van der Waals surface area contributed by atoms with Crippen molar-refractivity contribution in [1.82, 2.24) is 10.2 Å². The van der Waals surface area contributed by atoms with Crippen molar-refractivity contribution in [2.24, 2.45) is 0 Å². The number of nitrogens with zero attached hydrogens (tertiary/aromatic N) is 3. The molecule has 3 rings (SSSR count). The van der Waals surface area contributed by atoms with Gasteiger partial charge in [-0.25, -0.2) is 0 Å². The van der Waals surface area contributed by atoms with E-state index < -0.39 is 4.92 Å². The average Bonchev–Trinajstić information content (AvgIpc) is 3.21. The number of nitrogens with one attached hydrogen (secondary N) is 1. The molecule has 0 bridgehead atoms. The van der Waals surface area contributed by atoms with Crippen molar-refractivity contribution >= 4 is 29.0 Å². The van der Waals surface area contributed by atoms with Crippen LogP contribution in [-0.2, 0) is 17.6 Å². The van der Waals surface area contributed by atoms with E-state index in [0.29, 0.717) is 5.56 Å². The summed E-state index contributed by atoms with van der Waals surface area (Å²) in [5.74, 6) is 0.219. The van der Waals surface area contributed by atoms with Gasteiger partial charge in [-0.15, -0.1) is 10.2 Å². The maximum absolute atomic E-state index is 12.4. The van der Waals surface area contributed by atoms with Crippen molar-refractivity contribution in [3.63, 3.8) is 0 Å². The molecule has 1 heterocycles. The van der Waals surface area contributed by atoms with E-state index in [-0.39, 0.29) is 28.5 Å². The van der Waals surface area contributed by atoms with Gasteiger partial charge in [0.15, 0.2) is 0 Å². The van der Waals surface area contributed by atoms with E-state index in [4.69, 9.17) is 4.42 Å². The van der Waals surface area contributed by atoms with Gasteiger partial charge in [0.25, 0.3) is 10.9 Å². The molecule has 29 heavy (non-hydrogen) atoms. The summed E-state index contributed by atoms with van der Waals surface area (Å²) in [5, 5.41) is 21.8. The normalized spacial score (nSPS) is 10.7. The number of benzene rings is 2. The van der Waals surface area contributed by atoms with Crippen LogP contribution in [0.5, 0.6) is 0 Å². The zero-order valence-electron chi connectivity index (χ0n) is 16.0. The number of para-hydroxylation sites is 1. The Hall–Kier alpha value is -3.20. The van der Waals surface area contributed by atoms with Crippen LogP contribution in [0.15, 0.2) is 52.1 Å². The molecule has 0 aliphatic heterocycles. The van der Waals surface area contributed by atoms with E-state index in [9.17, 15) is 14.9 Å². The van der Waals surface area contributed by atoms with Gasteiger partial charge in [-0.05, 0) is 36.1 Å². The van der Waals surface area contributed by atoms with Gasteiger partial charge in [-0.3, -0.25) is 14.9 Å². The molecular weight excluding hydrogens is 392 g/mol. The van der Waals surface area contributed by atoms with Crippen LogP contribution >= 0.6 is 11.8 Å². The van der Waals surface area contributed by atoms with Gasteiger partial charge >= 0.3 is 0 Å². The molecule has 0 fully saturated rings. The van der Waals surface area contributed by atoms with Crippen LogP contribution in [-0.4, -0.2) is 26.8 Å². The van der Waals surface area contributed by atoms with E-state index in [1.807, 2.05) is 18.2 Å². The smallest absolute Gasteiger partial charge is 0.277 e. The third kappa shape index (κ3) is 5.00. The fraction of sp³-hybridized carbons (Fsp3) is 0.250. The molecule has 0 radical (unpaired) electrons. The third-order valence-electron chi connectivity index (χ3n) is 4.32. The standard InChI is InChI=1S/C20H20N4O4S/c1-3-13-6-5-7-14(4-2)18(13)21-17(25)12-29-20-23-22-19(28-20)15-8-10-16(11-9-15)24(26)27/h5-11H,3-4,12H2,1-2H3,(H,21,25). The van der Waals surface area contributed by atoms with Crippen molar-refractivity contribution in [2.75, 3.05) is 11.1 Å². The molecule has 0 saturated carbocycles. The molecule has 2 aromatic carbocycles. The highest BCUT2D eigenvalue weighted by Gasteiger charge is 2.14. The molecule has 1 aromatic heterocycles. The Kier molecular flexibility index (Phi) is 6.61. The van der Waals surface area contributed by atoms with Crippen LogP contribution in [0, 0.1) is 10.1 Å². The summed E-state index contributed by atoms with van der Waals surface area (Å²) >= 11 is 1.14. The highest BCUT2D eigenvalue weighted by atomic mass is 32.2. The molecule has 9 heteroatoms. The molecule has 1 amide bonds. The largest absolute Gasteiger partial charge is 0.411 e. The number of hydrogen-bond acceptors (Lipinski definition) is 7. The number of non-ortho nitro benzene ring substituents is 1. The molecule has 0 unspecified atom stereocenters. The van der Waals surface area contributed by atoms with Crippen molar-refractivity contribution in [2.45, 2.75) is 31.9 Å². The van der Waals surface area contributed by atoms with Gasteiger partial charge in [0.2, 0.25) is 11.8 Å². The summed E-state index contributed by atoms with van der Waals surface area (Å²) in [6, 6.07) is 11.8. The predicted molar refractivity (Wildman–Crippen MR) is 111 cm³/mol. The van der Waals surface area contributed by atoms with Crippen LogP contribution in [0.4, 0.5) is 11.4 Å². The summed E-state index contributed by atoms with van der Waals surface area (Å²) < 4.78 is 5.55. The lowest BCUT2D eigenvalue weighted by Gasteiger charge is -2.13. The number of anilines is 1. The Bertz CT molecular complexity index is 995. The van der Waals surface area contributed by atoms with Gasteiger partial charge in [-0.2, -0.15) is 0 Å². The maximum atomic E-state index is 12.4. The number of hydrogen-bond donors (Lipinski definition) is 1. The van der Waals surface area contributed by atoms with E-state index in [1.54, 1.807) is 12.1 Å². The second kappa shape index (κ2) is 9.33. The topological polar surface area (TPSA) is 111 Å². The first kappa shape index (κ1) is 20.5. The first-order chi connectivity index (χ1) is 14.0. The molecule has 1 N–H and O–H groups in total. The zero-order valence-corrected chi connectivity index (χ0v) is 16.9. The third-order valence-corrected chi connectivity index (χ3v) is 5.14. The van der Waals surface area contributed by atoms with Crippen molar-refractivity contribution in [3.8, 4) is 11.5 Å². The molecule has 8 nitrogen and oxygen atoms in total. The molecular formula is C20H20N4O4S. The van der Waals surface area contributed by atoms with Gasteiger partial charge in [0.1, 0.15) is 0 Å². The number of aryl methyl sites for hydroxylation is 2. The highest BCUT2D eigenvalue weighted by Crippen LogP contribution is 2.26. The SMILES string of the molecule is CCc1cccc(CC)c1NC(=O)CSc1nnc(-c2ccc([N+](=O)[O-])cc2)o1. The monoisotopic (exact) mass is 412 g/mol. The van der Waals surface area contributed by atoms with Crippen LogP contribution in [0.25, 0.3) is 11.5 Å². The van der Waals surface area contributed by atoms with E-state index in [2.05, 4.69) is 29.4 Å². The first-order valence-corrected chi connectivity index (χ1v) is 10.1. The zero-order chi connectivity index (χ0) is 20.8. The van der Waals surface area contributed by atoms with Crippen molar-refractivity contribution in [1.29, 1.82) is 0 Å². The van der Waals surface area contributed by atoms with E-state index in [1.165, 1.54) is 12.1 Å². The Morgan fingerprint density at radius 3 is 2.34 bits per heavy atom. The predicted octanol–water partition coefficient (Wildman–Crippen LogP) is 4.50. The summed E-state index contributed by atoms with van der Waals surface area (Å²) in [6.45, 7) is 4.11. The number of rotatable bonds is 8. The molecule has 3 aromatic rings. The second-order valence-electron chi connectivity index (χ2n) is 6.17. The number of nitro groups is 1. The number of thioether (sulfide) groups is 1. The van der Waals surface area contributed by atoms with Crippen LogP contribution in [0.3, 0.4) is 0 Å². The van der Waals surface area contributed by atoms with Crippen LogP contribution in [0.1, 0.15) is 25.0 Å². The van der Waals surface area contributed by atoms with Gasteiger partial charge in [0.05, 0.1) is 10.7 Å². The Morgan fingerprint density at radius 2 is 1.76 bits per heavy atom. The quantitative estimate of drug-likeness (QED) is 0.329. The number of aromatic nitrogens is 2. The lowest BCUT2D eigenvalue weighted by molar-refractivity contribution is -0.384. The number of amides is 1. The molecule has 0 spiro atoms. The fourth-order valence-corrected chi connectivity index (χ4v) is 3.38. The summed E-state index contributed by atoms with van der Waals surface area (Å²) in [4.78, 5) is 22.7. The fourth-order valence-electron chi connectivity index (χ4n) is 2.82. The van der Waals surface area contributed by atoms with Crippen molar-refractivity contribution in [3.05, 3.63) is 63.7 Å². The minimum atomic E-state index is -0.474. The van der Waals surface area contributed by atoms with Gasteiger partial charge < -0.3 is 9.73 Å². The van der Waals surface area contributed by atoms with Crippen LogP contribution < -0.4 is 5.32 Å². The number of carbonyl (C=O) groups is 1.